The number of benzene rings is 1. The quantitative estimate of drug-likeness (QED) is 0.791. The maximum atomic E-state index is 12.1. The normalized spacial score (nSPS) is 14.8. The highest BCUT2D eigenvalue weighted by molar-refractivity contribution is 7.92. The number of amides is 1. The number of nitrogens with zero attached hydrogens (tertiary/aromatic N) is 2. The van der Waals surface area contributed by atoms with Crippen LogP contribution < -0.4 is 14.5 Å². The molecule has 0 bridgehead atoms. The summed E-state index contributed by atoms with van der Waals surface area (Å²) in [7, 11) is -2.06. The minimum atomic E-state index is -3.59. The average Bonchev–Trinajstić information content (AvgIpc) is 2.58. The van der Waals surface area contributed by atoms with Crippen molar-refractivity contribution >= 4 is 27.3 Å². The number of anilines is 1. The molecule has 1 N–H and O–H groups in total. The molecular weight excluding hydrogens is 330 g/mol. The Balaban J connectivity index is 2.06. The Morgan fingerprint density at radius 3 is 2.38 bits per heavy atom. The summed E-state index contributed by atoms with van der Waals surface area (Å²) in [5, 5.41) is 4.11. The largest absolute Gasteiger partial charge is 0.497 e. The van der Waals surface area contributed by atoms with Gasteiger partial charge >= 0.3 is 0 Å². The molecule has 0 aromatic heterocycles. The van der Waals surface area contributed by atoms with E-state index in [-0.39, 0.29) is 6.54 Å². The van der Waals surface area contributed by atoms with E-state index >= 15 is 0 Å². The highest BCUT2D eigenvalue weighted by Gasteiger charge is 2.21. The van der Waals surface area contributed by atoms with Crippen molar-refractivity contribution in [2.45, 2.75) is 32.1 Å². The lowest BCUT2D eigenvalue weighted by Crippen LogP contribution is -2.39. The predicted molar refractivity (Wildman–Crippen MR) is 93.8 cm³/mol. The summed E-state index contributed by atoms with van der Waals surface area (Å²) in [4.78, 5) is 12.1. The number of ether oxygens (including phenoxy) is 1. The molecule has 0 spiro atoms. The number of rotatable bonds is 6. The maximum Gasteiger partial charge on any atom is 0.260 e. The van der Waals surface area contributed by atoms with Crippen LogP contribution in [0, 0.1) is 0 Å². The molecule has 0 unspecified atom stereocenters. The topological polar surface area (TPSA) is 88.1 Å². The van der Waals surface area contributed by atoms with Crippen LogP contribution in [-0.4, -0.2) is 39.9 Å². The smallest absolute Gasteiger partial charge is 0.260 e. The van der Waals surface area contributed by atoms with Gasteiger partial charge in [-0.3, -0.25) is 9.10 Å². The summed E-state index contributed by atoms with van der Waals surface area (Å²) in [6, 6.07) is 6.49. The molecule has 132 valence electrons. The molecule has 0 atom stereocenters. The first-order chi connectivity index (χ1) is 11.4. The van der Waals surface area contributed by atoms with Crippen LogP contribution in [0.15, 0.2) is 29.4 Å². The monoisotopic (exact) mass is 353 g/mol. The van der Waals surface area contributed by atoms with Crippen LogP contribution in [0.3, 0.4) is 0 Å². The number of hydrazone groups is 1. The van der Waals surface area contributed by atoms with Gasteiger partial charge in [-0.2, -0.15) is 5.10 Å². The molecule has 1 fully saturated rings. The fraction of sp³-hybridized carbons (Fsp3) is 0.500. The number of hydrogen-bond donors (Lipinski definition) is 1. The zero-order valence-corrected chi connectivity index (χ0v) is 14.8. The minimum absolute atomic E-state index is 0.318. The van der Waals surface area contributed by atoms with Gasteiger partial charge in [0.1, 0.15) is 12.3 Å². The van der Waals surface area contributed by atoms with Crippen molar-refractivity contribution in [3.63, 3.8) is 0 Å². The van der Waals surface area contributed by atoms with E-state index in [4.69, 9.17) is 4.74 Å². The highest BCUT2D eigenvalue weighted by atomic mass is 32.2. The van der Waals surface area contributed by atoms with Crippen molar-refractivity contribution in [2.75, 3.05) is 24.2 Å². The number of methoxy groups -OCH3 is 1. The SMILES string of the molecule is COc1ccc(N(CC(=O)NN=C2CCCCC2)S(C)(=O)=O)cc1. The molecule has 1 amide bonds. The summed E-state index contributed by atoms with van der Waals surface area (Å²) in [6.07, 6.45) is 6.18. The molecule has 1 saturated carbocycles. The van der Waals surface area contributed by atoms with Crippen molar-refractivity contribution in [3.8, 4) is 5.75 Å². The number of carbonyl (C=O) groups excluding carboxylic acids is 1. The number of nitrogens with one attached hydrogen (secondary N) is 1. The summed E-state index contributed by atoms with van der Waals surface area (Å²) in [6.45, 7) is -0.318. The van der Waals surface area contributed by atoms with Gasteiger partial charge in [-0.1, -0.05) is 6.42 Å². The third-order valence-corrected chi connectivity index (χ3v) is 4.96. The van der Waals surface area contributed by atoms with E-state index in [0.717, 1.165) is 42.0 Å². The Morgan fingerprint density at radius 2 is 1.83 bits per heavy atom. The third-order valence-electron chi connectivity index (χ3n) is 3.82. The molecular formula is C16H23N3O4S. The molecule has 0 aliphatic heterocycles. The molecule has 1 aliphatic carbocycles. The molecule has 0 radical (unpaired) electrons. The Labute approximate surface area is 142 Å². The van der Waals surface area contributed by atoms with E-state index in [1.54, 1.807) is 24.3 Å². The Morgan fingerprint density at radius 1 is 1.21 bits per heavy atom. The maximum absolute atomic E-state index is 12.1. The van der Waals surface area contributed by atoms with Gasteiger partial charge in [0.15, 0.2) is 0 Å². The molecule has 0 saturated heterocycles. The van der Waals surface area contributed by atoms with Gasteiger partial charge in [0.25, 0.3) is 5.91 Å². The first kappa shape index (κ1) is 18.3. The predicted octanol–water partition coefficient (Wildman–Crippen LogP) is 1.90. The zero-order chi connectivity index (χ0) is 17.6. The molecule has 1 aromatic rings. The van der Waals surface area contributed by atoms with Crippen LogP contribution in [0.2, 0.25) is 0 Å². The molecule has 1 aliphatic rings. The second-order valence-corrected chi connectivity index (χ2v) is 7.65. The van der Waals surface area contributed by atoms with Gasteiger partial charge in [-0.05, 0) is 49.9 Å². The van der Waals surface area contributed by atoms with Gasteiger partial charge < -0.3 is 4.74 Å². The lowest BCUT2D eigenvalue weighted by molar-refractivity contribution is -0.119. The van der Waals surface area contributed by atoms with E-state index in [2.05, 4.69) is 10.5 Å². The van der Waals surface area contributed by atoms with Gasteiger partial charge in [0.05, 0.1) is 19.1 Å². The minimum Gasteiger partial charge on any atom is -0.497 e. The van der Waals surface area contributed by atoms with E-state index in [0.29, 0.717) is 11.4 Å². The lowest BCUT2D eigenvalue weighted by Gasteiger charge is -2.21. The molecule has 0 heterocycles. The van der Waals surface area contributed by atoms with Gasteiger partial charge in [0.2, 0.25) is 10.0 Å². The van der Waals surface area contributed by atoms with E-state index in [1.165, 1.54) is 13.5 Å². The van der Waals surface area contributed by atoms with Crippen LogP contribution in [0.4, 0.5) is 5.69 Å². The summed E-state index contributed by atoms with van der Waals surface area (Å²) >= 11 is 0. The second kappa shape index (κ2) is 8.14. The first-order valence-corrected chi connectivity index (χ1v) is 9.71. The number of hydrogen-bond acceptors (Lipinski definition) is 5. The highest BCUT2D eigenvalue weighted by Crippen LogP contribution is 2.21. The Kier molecular flexibility index (Phi) is 6.19. The summed E-state index contributed by atoms with van der Waals surface area (Å²) in [5.74, 6) is 0.148. The zero-order valence-electron chi connectivity index (χ0n) is 14.0. The van der Waals surface area contributed by atoms with Crippen LogP contribution in [-0.2, 0) is 14.8 Å². The first-order valence-electron chi connectivity index (χ1n) is 7.86. The molecule has 24 heavy (non-hydrogen) atoms. The Bertz CT molecular complexity index is 691. The molecule has 1 aromatic carbocycles. The van der Waals surface area contributed by atoms with Gasteiger partial charge in [-0.25, -0.2) is 13.8 Å². The van der Waals surface area contributed by atoms with Gasteiger partial charge in [0, 0.05) is 5.71 Å². The molecule has 7 nitrogen and oxygen atoms in total. The van der Waals surface area contributed by atoms with Crippen molar-refractivity contribution in [1.82, 2.24) is 5.43 Å². The van der Waals surface area contributed by atoms with Gasteiger partial charge in [-0.15, -0.1) is 0 Å². The van der Waals surface area contributed by atoms with Crippen molar-refractivity contribution < 1.29 is 17.9 Å². The Hall–Kier alpha value is -2.09. The molecule has 8 heteroatoms. The average molecular weight is 353 g/mol. The summed E-state index contributed by atoms with van der Waals surface area (Å²) < 4.78 is 30.1. The lowest BCUT2D eigenvalue weighted by atomic mass is 9.99. The van der Waals surface area contributed by atoms with E-state index in [1.807, 2.05) is 0 Å². The fourth-order valence-corrected chi connectivity index (χ4v) is 3.38. The van der Waals surface area contributed by atoms with E-state index < -0.39 is 15.9 Å². The van der Waals surface area contributed by atoms with Crippen LogP contribution in [0.5, 0.6) is 5.75 Å². The second-order valence-electron chi connectivity index (χ2n) is 5.74. The number of sulfonamides is 1. The summed E-state index contributed by atoms with van der Waals surface area (Å²) in [5.41, 5.74) is 3.83. The van der Waals surface area contributed by atoms with E-state index in [9.17, 15) is 13.2 Å². The van der Waals surface area contributed by atoms with Crippen molar-refractivity contribution in [1.29, 1.82) is 0 Å². The fourth-order valence-electron chi connectivity index (χ4n) is 2.53. The van der Waals surface area contributed by atoms with Crippen molar-refractivity contribution in [3.05, 3.63) is 24.3 Å². The van der Waals surface area contributed by atoms with Crippen LogP contribution in [0.25, 0.3) is 0 Å². The van der Waals surface area contributed by atoms with Crippen LogP contribution >= 0.6 is 0 Å². The third kappa shape index (κ3) is 5.23. The number of carbonyl (C=O) groups is 1. The van der Waals surface area contributed by atoms with Crippen molar-refractivity contribution in [2.24, 2.45) is 5.10 Å². The molecule has 2 rings (SSSR count). The standard InChI is InChI=1S/C16H23N3O4S/c1-23-15-10-8-14(9-11-15)19(24(2,21)22)12-16(20)18-17-13-6-4-3-5-7-13/h8-11H,3-7,12H2,1-2H3,(H,18,20). The van der Waals surface area contributed by atoms with Crippen LogP contribution in [0.1, 0.15) is 32.1 Å².